The van der Waals surface area contributed by atoms with Crippen molar-refractivity contribution in [2.45, 2.75) is 25.9 Å². The summed E-state index contributed by atoms with van der Waals surface area (Å²) < 4.78 is 0. The van der Waals surface area contributed by atoms with Gasteiger partial charge in [0.25, 0.3) is 0 Å². The summed E-state index contributed by atoms with van der Waals surface area (Å²) in [6, 6.07) is 5.57. The van der Waals surface area contributed by atoms with Crippen molar-refractivity contribution in [3.05, 3.63) is 23.9 Å². The highest BCUT2D eigenvalue weighted by Gasteiger charge is 2.37. The van der Waals surface area contributed by atoms with Crippen LogP contribution in [0.5, 0.6) is 0 Å². The number of nitrogens with two attached hydrogens (primary N) is 1. The molecule has 2 rings (SSSR count). The molecule has 1 aliphatic rings. The molecule has 1 amide bonds. The highest BCUT2D eigenvalue weighted by atomic mass is 16.2. The number of pyridine rings is 1. The number of hydrogen-bond donors (Lipinski definition) is 2. The molecule has 1 aromatic rings. The summed E-state index contributed by atoms with van der Waals surface area (Å²) in [4.78, 5) is 18.2. The van der Waals surface area contributed by atoms with E-state index in [9.17, 15) is 4.79 Å². The third-order valence-electron chi connectivity index (χ3n) is 3.19. The van der Waals surface area contributed by atoms with Crippen LogP contribution < -0.4 is 11.1 Å². The lowest BCUT2D eigenvalue weighted by molar-refractivity contribution is -0.135. The van der Waals surface area contributed by atoms with E-state index >= 15 is 0 Å². The zero-order valence-electron chi connectivity index (χ0n) is 10.2. The topological polar surface area (TPSA) is 71.2 Å². The minimum absolute atomic E-state index is 0.0626. The summed E-state index contributed by atoms with van der Waals surface area (Å²) in [6.07, 6.45) is 0. The molecule has 1 aliphatic heterocycles. The zero-order chi connectivity index (χ0) is 12.5. The van der Waals surface area contributed by atoms with Gasteiger partial charge in [-0.05, 0) is 26.0 Å². The molecule has 1 aromatic heterocycles. The number of amides is 1. The number of anilines is 1. The summed E-state index contributed by atoms with van der Waals surface area (Å²) in [5.41, 5.74) is 6.05. The van der Waals surface area contributed by atoms with E-state index in [1.54, 1.807) is 6.07 Å². The summed E-state index contributed by atoms with van der Waals surface area (Å²) in [6.45, 7) is 6.01. The highest BCUT2D eigenvalue weighted by molar-refractivity contribution is 5.86. The minimum atomic E-state index is -0.496. The molecule has 0 radical (unpaired) electrons. The van der Waals surface area contributed by atoms with Crippen LogP contribution >= 0.6 is 0 Å². The second-order valence-electron chi connectivity index (χ2n) is 4.79. The van der Waals surface area contributed by atoms with Crippen molar-refractivity contribution in [3.63, 3.8) is 0 Å². The fraction of sp³-hybridized carbons (Fsp3) is 0.500. The monoisotopic (exact) mass is 234 g/mol. The Morgan fingerprint density at radius 1 is 1.53 bits per heavy atom. The van der Waals surface area contributed by atoms with Crippen molar-refractivity contribution in [2.24, 2.45) is 0 Å². The van der Waals surface area contributed by atoms with E-state index in [-0.39, 0.29) is 5.91 Å². The molecule has 5 heteroatoms. The fourth-order valence-electron chi connectivity index (χ4n) is 2.00. The standard InChI is InChI=1S/C12H18N4O/c1-12(2)11(17)14-6-7-16(12)8-9-4-3-5-10(13)15-9/h3-5H,6-8H2,1-2H3,(H2,13,15)(H,14,17). The van der Waals surface area contributed by atoms with Crippen molar-refractivity contribution < 1.29 is 4.79 Å². The van der Waals surface area contributed by atoms with Gasteiger partial charge in [-0.15, -0.1) is 0 Å². The number of nitrogens with zero attached hydrogens (tertiary/aromatic N) is 2. The third kappa shape index (κ3) is 2.39. The Morgan fingerprint density at radius 3 is 3.00 bits per heavy atom. The van der Waals surface area contributed by atoms with Gasteiger partial charge in [0.1, 0.15) is 5.82 Å². The molecule has 0 unspecified atom stereocenters. The van der Waals surface area contributed by atoms with Gasteiger partial charge in [-0.3, -0.25) is 9.69 Å². The summed E-state index contributed by atoms with van der Waals surface area (Å²) >= 11 is 0. The molecule has 92 valence electrons. The average Bonchev–Trinajstić information content (AvgIpc) is 2.25. The van der Waals surface area contributed by atoms with Gasteiger partial charge in [0.15, 0.2) is 0 Å². The number of carbonyl (C=O) groups is 1. The van der Waals surface area contributed by atoms with Gasteiger partial charge in [0.05, 0.1) is 11.2 Å². The molecule has 1 saturated heterocycles. The van der Waals surface area contributed by atoms with Gasteiger partial charge >= 0.3 is 0 Å². The fourth-order valence-corrected chi connectivity index (χ4v) is 2.00. The third-order valence-corrected chi connectivity index (χ3v) is 3.19. The predicted octanol–water partition coefficient (Wildman–Crippen LogP) is 0.374. The summed E-state index contributed by atoms with van der Waals surface area (Å²) in [5, 5.41) is 2.87. The molecule has 0 spiro atoms. The molecule has 2 heterocycles. The number of carbonyl (C=O) groups excluding carboxylic acids is 1. The van der Waals surface area contributed by atoms with Crippen LogP contribution in [0, 0.1) is 0 Å². The van der Waals surface area contributed by atoms with Crippen LogP contribution in [0.15, 0.2) is 18.2 Å². The lowest BCUT2D eigenvalue weighted by Gasteiger charge is -2.40. The Morgan fingerprint density at radius 2 is 2.29 bits per heavy atom. The van der Waals surface area contributed by atoms with Crippen LogP contribution in [0.4, 0.5) is 5.82 Å². The van der Waals surface area contributed by atoms with E-state index in [0.29, 0.717) is 18.9 Å². The van der Waals surface area contributed by atoms with Crippen LogP contribution in [0.2, 0.25) is 0 Å². The van der Waals surface area contributed by atoms with Crippen molar-refractivity contribution in [1.82, 2.24) is 15.2 Å². The lowest BCUT2D eigenvalue weighted by Crippen LogP contribution is -2.61. The van der Waals surface area contributed by atoms with Gasteiger partial charge in [-0.25, -0.2) is 4.98 Å². The molecule has 17 heavy (non-hydrogen) atoms. The van der Waals surface area contributed by atoms with Crippen molar-refractivity contribution >= 4 is 11.7 Å². The maximum absolute atomic E-state index is 11.8. The van der Waals surface area contributed by atoms with Crippen LogP contribution in [-0.4, -0.2) is 34.4 Å². The highest BCUT2D eigenvalue weighted by Crippen LogP contribution is 2.20. The van der Waals surface area contributed by atoms with Crippen LogP contribution in [0.25, 0.3) is 0 Å². The maximum atomic E-state index is 11.8. The Balaban J connectivity index is 2.15. The van der Waals surface area contributed by atoms with E-state index in [2.05, 4.69) is 15.2 Å². The first-order chi connectivity index (χ1) is 8.00. The largest absolute Gasteiger partial charge is 0.384 e. The van der Waals surface area contributed by atoms with Crippen LogP contribution in [0.3, 0.4) is 0 Å². The quantitative estimate of drug-likeness (QED) is 0.775. The second kappa shape index (κ2) is 4.33. The first kappa shape index (κ1) is 11.9. The second-order valence-corrected chi connectivity index (χ2v) is 4.79. The molecular weight excluding hydrogens is 216 g/mol. The number of nitrogen functional groups attached to an aromatic ring is 1. The zero-order valence-corrected chi connectivity index (χ0v) is 10.2. The Hall–Kier alpha value is -1.62. The summed E-state index contributed by atoms with van der Waals surface area (Å²) in [5.74, 6) is 0.578. The van der Waals surface area contributed by atoms with E-state index < -0.39 is 5.54 Å². The van der Waals surface area contributed by atoms with Gasteiger partial charge in [-0.2, -0.15) is 0 Å². The van der Waals surface area contributed by atoms with Gasteiger partial charge in [-0.1, -0.05) is 6.07 Å². The predicted molar refractivity (Wildman–Crippen MR) is 66.1 cm³/mol. The smallest absolute Gasteiger partial charge is 0.240 e. The van der Waals surface area contributed by atoms with Gasteiger partial charge < -0.3 is 11.1 Å². The normalized spacial score (nSPS) is 20.0. The van der Waals surface area contributed by atoms with Gasteiger partial charge in [0, 0.05) is 19.6 Å². The van der Waals surface area contributed by atoms with Crippen LogP contribution in [0.1, 0.15) is 19.5 Å². The van der Waals surface area contributed by atoms with E-state index in [4.69, 9.17) is 5.73 Å². The van der Waals surface area contributed by atoms with E-state index in [1.165, 1.54) is 0 Å². The van der Waals surface area contributed by atoms with Crippen LogP contribution in [-0.2, 0) is 11.3 Å². The molecule has 3 N–H and O–H groups in total. The number of nitrogens with one attached hydrogen (secondary N) is 1. The molecule has 5 nitrogen and oxygen atoms in total. The Bertz CT molecular complexity index is 430. The number of rotatable bonds is 2. The van der Waals surface area contributed by atoms with Crippen molar-refractivity contribution in [3.8, 4) is 0 Å². The molecule has 0 atom stereocenters. The molecule has 0 bridgehead atoms. The lowest BCUT2D eigenvalue weighted by atomic mass is 9.98. The maximum Gasteiger partial charge on any atom is 0.240 e. The summed E-state index contributed by atoms with van der Waals surface area (Å²) in [7, 11) is 0. The molecule has 0 saturated carbocycles. The van der Waals surface area contributed by atoms with E-state index in [0.717, 1.165) is 12.2 Å². The molecule has 0 aromatic carbocycles. The van der Waals surface area contributed by atoms with E-state index in [1.807, 2.05) is 26.0 Å². The molecule has 1 fully saturated rings. The molecule has 0 aliphatic carbocycles. The van der Waals surface area contributed by atoms with Gasteiger partial charge in [0.2, 0.25) is 5.91 Å². The SMILES string of the molecule is CC1(C)C(=O)NCCN1Cc1cccc(N)n1. The minimum Gasteiger partial charge on any atom is -0.384 e. The van der Waals surface area contributed by atoms with Crippen molar-refractivity contribution in [1.29, 1.82) is 0 Å². The van der Waals surface area contributed by atoms with Crippen molar-refractivity contribution in [2.75, 3.05) is 18.8 Å². The Kier molecular flexibility index (Phi) is 3.02. The first-order valence-electron chi connectivity index (χ1n) is 5.75. The number of piperazine rings is 1. The Labute approximate surface area is 101 Å². The first-order valence-corrected chi connectivity index (χ1v) is 5.75. The average molecular weight is 234 g/mol. The molecular formula is C12H18N4O. The number of aromatic nitrogens is 1. The number of hydrogen-bond acceptors (Lipinski definition) is 4.